The molecule has 124 valence electrons. The van der Waals surface area contributed by atoms with Gasteiger partial charge in [-0.25, -0.2) is 4.79 Å². The Morgan fingerprint density at radius 1 is 1.04 bits per heavy atom. The molecular formula is C19H20NO4+. The van der Waals surface area contributed by atoms with Crippen LogP contribution in [0.25, 0.3) is 11.0 Å². The third-order valence-corrected chi connectivity index (χ3v) is 3.74. The third-order valence-electron chi connectivity index (χ3n) is 3.74. The second-order valence-electron chi connectivity index (χ2n) is 5.40. The molecule has 24 heavy (non-hydrogen) atoms. The van der Waals surface area contributed by atoms with Crippen molar-refractivity contribution >= 4 is 11.0 Å². The fourth-order valence-corrected chi connectivity index (χ4v) is 2.54. The van der Waals surface area contributed by atoms with Crippen LogP contribution in [0.3, 0.4) is 0 Å². The molecule has 1 aromatic heterocycles. The maximum atomic E-state index is 11.7. The van der Waals surface area contributed by atoms with Gasteiger partial charge >= 0.3 is 5.63 Å². The highest BCUT2D eigenvalue weighted by Gasteiger charge is 2.08. The molecule has 1 heterocycles. The average Bonchev–Trinajstić information content (AvgIpc) is 2.61. The minimum absolute atomic E-state index is 0.348. The molecule has 0 aliphatic heterocycles. The number of benzene rings is 2. The molecule has 0 aliphatic rings. The fourth-order valence-electron chi connectivity index (χ4n) is 2.54. The largest absolute Gasteiger partial charge is 0.497 e. The molecule has 0 fully saturated rings. The second kappa shape index (κ2) is 7.66. The number of hydrogen-bond acceptors (Lipinski definition) is 4. The molecule has 2 aromatic carbocycles. The Morgan fingerprint density at radius 3 is 2.67 bits per heavy atom. The van der Waals surface area contributed by atoms with Crippen LogP contribution in [0.5, 0.6) is 11.5 Å². The van der Waals surface area contributed by atoms with E-state index in [0.29, 0.717) is 24.5 Å². The Morgan fingerprint density at radius 2 is 1.88 bits per heavy atom. The smallest absolute Gasteiger partial charge is 0.336 e. The van der Waals surface area contributed by atoms with E-state index in [0.717, 1.165) is 23.2 Å². The van der Waals surface area contributed by atoms with Crippen molar-refractivity contribution in [3.63, 3.8) is 0 Å². The van der Waals surface area contributed by atoms with E-state index in [2.05, 4.69) is 5.32 Å². The van der Waals surface area contributed by atoms with E-state index in [4.69, 9.17) is 13.9 Å². The molecule has 3 aromatic rings. The molecule has 0 atom stereocenters. The lowest BCUT2D eigenvalue weighted by molar-refractivity contribution is -0.671. The van der Waals surface area contributed by atoms with Gasteiger partial charge in [-0.1, -0.05) is 18.2 Å². The van der Waals surface area contributed by atoms with Crippen molar-refractivity contribution in [1.29, 1.82) is 0 Å². The van der Waals surface area contributed by atoms with Gasteiger partial charge in [0.05, 0.1) is 7.11 Å². The van der Waals surface area contributed by atoms with Gasteiger partial charge < -0.3 is 19.2 Å². The number of quaternary nitrogens is 1. The summed E-state index contributed by atoms with van der Waals surface area (Å²) >= 11 is 0. The van der Waals surface area contributed by atoms with Crippen LogP contribution in [0.15, 0.2) is 63.8 Å². The molecule has 2 N–H and O–H groups in total. The molecule has 5 nitrogen and oxygen atoms in total. The van der Waals surface area contributed by atoms with Crippen LogP contribution >= 0.6 is 0 Å². The quantitative estimate of drug-likeness (QED) is 0.532. The van der Waals surface area contributed by atoms with Gasteiger partial charge in [0.1, 0.15) is 36.8 Å². The summed E-state index contributed by atoms with van der Waals surface area (Å²) in [6.07, 6.45) is 0. The first-order chi connectivity index (χ1) is 11.8. The Kier molecular flexibility index (Phi) is 5.13. The first-order valence-electron chi connectivity index (χ1n) is 7.86. The lowest BCUT2D eigenvalue weighted by Crippen LogP contribution is -2.83. The summed E-state index contributed by atoms with van der Waals surface area (Å²) in [5.74, 6) is 1.53. The Bertz CT molecular complexity index is 858. The van der Waals surface area contributed by atoms with Crippen LogP contribution < -0.4 is 20.4 Å². The minimum atomic E-state index is -0.348. The number of nitrogens with two attached hydrogens (primary N) is 1. The summed E-state index contributed by atoms with van der Waals surface area (Å²) in [7, 11) is 1.59. The maximum absolute atomic E-state index is 11.7. The average molecular weight is 326 g/mol. The summed E-state index contributed by atoms with van der Waals surface area (Å²) in [5.41, 5.74) is 1.15. The molecule has 0 unspecified atom stereocenters. The van der Waals surface area contributed by atoms with Crippen molar-refractivity contribution < 1.29 is 19.2 Å². The van der Waals surface area contributed by atoms with Crippen molar-refractivity contribution in [1.82, 2.24) is 0 Å². The minimum Gasteiger partial charge on any atom is -0.497 e. The Balaban J connectivity index is 1.61. The molecule has 5 heteroatoms. The van der Waals surface area contributed by atoms with Crippen molar-refractivity contribution in [3.8, 4) is 11.5 Å². The Hall–Kier alpha value is -2.79. The predicted octanol–water partition coefficient (Wildman–Crippen LogP) is 1.94. The second-order valence-corrected chi connectivity index (χ2v) is 5.40. The SMILES string of the molecule is COc1ccc2c(C[NH2+]CCOc3ccccc3)cc(=O)oc2c1. The van der Waals surface area contributed by atoms with Crippen LogP contribution in [0.1, 0.15) is 5.56 Å². The number of fused-ring (bicyclic) bond motifs is 1. The number of para-hydroxylation sites is 1. The van der Waals surface area contributed by atoms with E-state index in [9.17, 15) is 4.79 Å². The standard InChI is InChI=1S/C19H19NO4/c1-22-16-7-8-17-14(11-19(21)24-18(17)12-16)13-20-9-10-23-15-5-3-2-4-6-15/h2-8,11-12,20H,9-10,13H2,1H3/p+1. The molecule has 0 saturated heterocycles. The van der Waals surface area contributed by atoms with Crippen molar-refractivity contribution in [2.24, 2.45) is 0 Å². The number of methoxy groups -OCH3 is 1. The summed E-state index contributed by atoms with van der Waals surface area (Å²) in [6, 6.07) is 16.8. The summed E-state index contributed by atoms with van der Waals surface area (Å²) in [4.78, 5) is 11.7. The Labute approximate surface area is 139 Å². The first kappa shape index (κ1) is 16.1. The van der Waals surface area contributed by atoms with E-state index < -0.39 is 0 Å². The predicted molar refractivity (Wildman–Crippen MR) is 91.5 cm³/mol. The van der Waals surface area contributed by atoms with Crippen LogP contribution in [0.2, 0.25) is 0 Å². The van der Waals surface area contributed by atoms with Gasteiger partial charge in [0.15, 0.2) is 0 Å². The molecule has 3 rings (SSSR count). The maximum Gasteiger partial charge on any atom is 0.336 e. The monoisotopic (exact) mass is 326 g/mol. The zero-order valence-corrected chi connectivity index (χ0v) is 13.5. The van der Waals surface area contributed by atoms with Crippen molar-refractivity contribution in [2.45, 2.75) is 6.54 Å². The summed E-state index contributed by atoms with van der Waals surface area (Å²) < 4.78 is 16.1. The van der Waals surface area contributed by atoms with Crippen molar-refractivity contribution in [2.75, 3.05) is 20.3 Å². The van der Waals surface area contributed by atoms with Gasteiger partial charge in [-0.2, -0.15) is 0 Å². The highest BCUT2D eigenvalue weighted by atomic mass is 16.5. The number of hydrogen-bond donors (Lipinski definition) is 1. The van der Waals surface area contributed by atoms with Gasteiger partial charge in [-0.3, -0.25) is 0 Å². The topological polar surface area (TPSA) is 65.3 Å². The van der Waals surface area contributed by atoms with E-state index in [1.807, 2.05) is 42.5 Å². The van der Waals surface area contributed by atoms with E-state index in [-0.39, 0.29) is 5.63 Å². The summed E-state index contributed by atoms with van der Waals surface area (Å²) in [6.45, 7) is 2.09. The van der Waals surface area contributed by atoms with Gasteiger partial charge in [-0.05, 0) is 24.3 Å². The van der Waals surface area contributed by atoms with Gasteiger partial charge in [0.2, 0.25) is 0 Å². The lowest BCUT2D eigenvalue weighted by Gasteiger charge is -2.07. The molecule has 0 saturated carbocycles. The van der Waals surface area contributed by atoms with Crippen LogP contribution in [0, 0.1) is 0 Å². The highest BCUT2D eigenvalue weighted by molar-refractivity contribution is 5.81. The zero-order chi connectivity index (χ0) is 16.8. The number of ether oxygens (including phenoxy) is 2. The number of rotatable bonds is 7. The molecule has 0 bridgehead atoms. The van der Waals surface area contributed by atoms with Crippen LogP contribution in [0.4, 0.5) is 0 Å². The molecule has 0 spiro atoms. The normalized spacial score (nSPS) is 10.7. The molecular weight excluding hydrogens is 306 g/mol. The van der Waals surface area contributed by atoms with E-state index in [1.165, 1.54) is 0 Å². The van der Waals surface area contributed by atoms with Gasteiger partial charge in [0, 0.05) is 23.1 Å². The van der Waals surface area contributed by atoms with Crippen LogP contribution in [-0.2, 0) is 6.54 Å². The lowest BCUT2D eigenvalue weighted by atomic mass is 10.1. The van der Waals surface area contributed by atoms with E-state index >= 15 is 0 Å². The van der Waals surface area contributed by atoms with Crippen molar-refractivity contribution in [3.05, 3.63) is 70.6 Å². The highest BCUT2D eigenvalue weighted by Crippen LogP contribution is 2.21. The van der Waals surface area contributed by atoms with Gasteiger partial charge in [-0.15, -0.1) is 0 Å². The third kappa shape index (κ3) is 3.94. The first-order valence-corrected chi connectivity index (χ1v) is 7.86. The molecule has 0 radical (unpaired) electrons. The van der Waals surface area contributed by atoms with Crippen LogP contribution in [-0.4, -0.2) is 20.3 Å². The molecule has 0 aliphatic carbocycles. The van der Waals surface area contributed by atoms with E-state index in [1.54, 1.807) is 19.2 Å². The zero-order valence-electron chi connectivity index (χ0n) is 13.5. The van der Waals surface area contributed by atoms with Gasteiger partial charge in [0.25, 0.3) is 0 Å². The molecule has 0 amide bonds. The fraction of sp³-hybridized carbons (Fsp3) is 0.211. The summed E-state index contributed by atoms with van der Waals surface area (Å²) in [5, 5.41) is 3.04.